The van der Waals surface area contributed by atoms with Crippen molar-refractivity contribution in [3.63, 3.8) is 0 Å². The molecule has 0 saturated carbocycles. The van der Waals surface area contributed by atoms with Crippen molar-refractivity contribution in [1.82, 2.24) is 5.32 Å². The van der Waals surface area contributed by atoms with Gasteiger partial charge in [0, 0.05) is 12.6 Å². The number of benzene rings is 2. The minimum absolute atomic E-state index is 0.159. The predicted molar refractivity (Wildman–Crippen MR) is 71.1 cm³/mol. The van der Waals surface area contributed by atoms with Crippen LogP contribution in [0.1, 0.15) is 22.7 Å². The third-order valence-corrected chi connectivity index (χ3v) is 3.73. The Balaban J connectivity index is 1.96. The Morgan fingerprint density at radius 1 is 1.11 bits per heavy atom. The van der Waals surface area contributed by atoms with Crippen molar-refractivity contribution >= 4 is 11.6 Å². The lowest BCUT2D eigenvalue weighted by Gasteiger charge is -2.27. The van der Waals surface area contributed by atoms with Crippen LogP contribution < -0.4 is 5.32 Å². The summed E-state index contributed by atoms with van der Waals surface area (Å²) < 4.78 is 14.0. The summed E-state index contributed by atoms with van der Waals surface area (Å²) >= 11 is 5.84. The van der Waals surface area contributed by atoms with Crippen LogP contribution in [-0.4, -0.2) is 0 Å². The second-order valence-electron chi connectivity index (χ2n) is 4.55. The Morgan fingerprint density at radius 3 is 2.67 bits per heavy atom. The second kappa shape index (κ2) is 4.71. The van der Waals surface area contributed by atoms with E-state index in [1.54, 1.807) is 6.07 Å². The van der Waals surface area contributed by atoms with E-state index in [2.05, 4.69) is 17.4 Å². The standard InChI is InChI=1S/C15H13ClFN/c16-13-7-6-11-9-18-14(8-12(11)15(13)17)10-4-2-1-3-5-10/h1-7,14,18H,8-9H2. The number of hydrogen-bond acceptors (Lipinski definition) is 1. The highest BCUT2D eigenvalue weighted by atomic mass is 35.5. The molecule has 0 aliphatic carbocycles. The molecule has 92 valence electrons. The molecule has 1 aliphatic heterocycles. The molecule has 1 N–H and O–H groups in total. The van der Waals surface area contributed by atoms with Gasteiger partial charge in [-0.2, -0.15) is 0 Å². The molecule has 0 bridgehead atoms. The average Bonchev–Trinajstić information content (AvgIpc) is 2.44. The van der Waals surface area contributed by atoms with Crippen molar-refractivity contribution < 1.29 is 4.39 Å². The Morgan fingerprint density at radius 2 is 1.89 bits per heavy atom. The van der Waals surface area contributed by atoms with Gasteiger partial charge in [0.25, 0.3) is 0 Å². The molecule has 1 unspecified atom stereocenters. The van der Waals surface area contributed by atoms with Gasteiger partial charge in [-0.15, -0.1) is 0 Å². The Hall–Kier alpha value is -1.38. The molecular weight excluding hydrogens is 249 g/mol. The SMILES string of the molecule is Fc1c(Cl)ccc2c1CC(c1ccccc1)NC2. The number of nitrogens with one attached hydrogen (secondary N) is 1. The molecule has 2 aromatic rings. The minimum Gasteiger partial charge on any atom is -0.306 e. The van der Waals surface area contributed by atoms with Gasteiger partial charge in [-0.25, -0.2) is 4.39 Å². The summed E-state index contributed by atoms with van der Waals surface area (Å²) in [5.41, 5.74) is 2.93. The van der Waals surface area contributed by atoms with Crippen LogP contribution in [0.4, 0.5) is 4.39 Å². The molecule has 1 atom stereocenters. The molecule has 2 aromatic carbocycles. The summed E-state index contributed by atoms with van der Waals surface area (Å²) in [6, 6.07) is 13.8. The average molecular weight is 262 g/mol. The van der Waals surface area contributed by atoms with E-state index in [0.29, 0.717) is 13.0 Å². The molecule has 1 heterocycles. The fourth-order valence-electron chi connectivity index (χ4n) is 2.45. The summed E-state index contributed by atoms with van der Waals surface area (Å²) in [5, 5.41) is 3.64. The minimum atomic E-state index is -0.267. The normalized spacial score (nSPS) is 18.4. The van der Waals surface area contributed by atoms with Crippen LogP contribution in [0, 0.1) is 5.82 Å². The zero-order chi connectivity index (χ0) is 12.5. The molecule has 0 aromatic heterocycles. The summed E-state index contributed by atoms with van der Waals surface area (Å²) in [6.07, 6.45) is 0.645. The van der Waals surface area contributed by atoms with Gasteiger partial charge in [-0.1, -0.05) is 48.0 Å². The molecule has 1 nitrogen and oxygen atoms in total. The first-order valence-electron chi connectivity index (χ1n) is 6.00. The lowest BCUT2D eigenvalue weighted by Crippen LogP contribution is -2.29. The van der Waals surface area contributed by atoms with Crippen molar-refractivity contribution in [2.24, 2.45) is 0 Å². The molecule has 0 saturated heterocycles. The molecule has 3 rings (SSSR count). The largest absolute Gasteiger partial charge is 0.306 e. The molecule has 0 fully saturated rings. The highest BCUT2D eigenvalue weighted by Gasteiger charge is 2.23. The molecular formula is C15H13ClFN. The third kappa shape index (κ3) is 2.02. The van der Waals surface area contributed by atoms with Crippen molar-refractivity contribution in [1.29, 1.82) is 0 Å². The van der Waals surface area contributed by atoms with Gasteiger partial charge in [0.2, 0.25) is 0 Å². The number of hydrogen-bond donors (Lipinski definition) is 1. The van der Waals surface area contributed by atoms with Crippen LogP contribution >= 0.6 is 11.6 Å². The first kappa shape index (κ1) is 11.7. The predicted octanol–water partition coefficient (Wildman–Crippen LogP) is 3.87. The Kier molecular flexibility index (Phi) is 3.06. The van der Waals surface area contributed by atoms with Crippen LogP contribution in [0.15, 0.2) is 42.5 Å². The zero-order valence-electron chi connectivity index (χ0n) is 9.79. The van der Waals surface area contributed by atoms with E-state index in [1.165, 1.54) is 5.56 Å². The van der Waals surface area contributed by atoms with Crippen LogP contribution in [0.25, 0.3) is 0 Å². The van der Waals surface area contributed by atoms with E-state index in [1.807, 2.05) is 24.3 Å². The maximum atomic E-state index is 14.0. The lowest BCUT2D eigenvalue weighted by atomic mass is 9.91. The quantitative estimate of drug-likeness (QED) is 0.822. The van der Waals surface area contributed by atoms with Gasteiger partial charge in [-0.3, -0.25) is 0 Å². The maximum absolute atomic E-state index is 14.0. The molecule has 18 heavy (non-hydrogen) atoms. The first-order valence-corrected chi connectivity index (χ1v) is 6.37. The van der Waals surface area contributed by atoms with Gasteiger partial charge in [0.1, 0.15) is 5.82 Å². The summed E-state index contributed by atoms with van der Waals surface area (Å²) in [4.78, 5) is 0. The smallest absolute Gasteiger partial charge is 0.145 e. The van der Waals surface area contributed by atoms with E-state index < -0.39 is 0 Å². The molecule has 0 amide bonds. The number of halogens is 2. The summed E-state index contributed by atoms with van der Waals surface area (Å²) in [7, 11) is 0. The van der Waals surface area contributed by atoms with Gasteiger partial charge in [-0.05, 0) is 29.2 Å². The monoisotopic (exact) mass is 261 g/mol. The van der Waals surface area contributed by atoms with E-state index >= 15 is 0 Å². The van der Waals surface area contributed by atoms with Crippen LogP contribution in [0.2, 0.25) is 5.02 Å². The topological polar surface area (TPSA) is 12.0 Å². The fourth-order valence-corrected chi connectivity index (χ4v) is 2.63. The van der Waals surface area contributed by atoms with E-state index in [4.69, 9.17) is 11.6 Å². The fraction of sp³-hybridized carbons (Fsp3) is 0.200. The molecule has 0 radical (unpaired) electrons. The van der Waals surface area contributed by atoms with E-state index in [0.717, 1.165) is 11.1 Å². The van der Waals surface area contributed by atoms with Crippen LogP contribution in [0.3, 0.4) is 0 Å². The molecule has 3 heteroatoms. The van der Waals surface area contributed by atoms with Crippen molar-refractivity contribution in [2.75, 3.05) is 0 Å². The van der Waals surface area contributed by atoms with E-state index in [9.17, 15) is 4.39 Å². The molecule has 1 aliphatic rings. The van der Waals surface area contributed by atoms with Gasteiger partial charge >= 0.3 is 0 Å². The van der Waals surface area contributed by atoms with E-state index in [-0.39, 0.29) is 16.9 Å². The van der Waals surface area contributed by atoms with Gasteiger partial charge in [0.15, 0.2) is 0 Å². The summed E-state index contributed by atoms with van der Waals surface area (Å²) in [5.74, 6) is -0.267. The van der Waals surface area contributed by atoms with Gasteiger partial charge in [0.05, 0.1) is 5.02 Å². The maximum Gasteiger partial charge on any atom is 0.145 e. The highest BCUT2D eigenvalue weighted by Crippen LogP contribution is 2.30. The second-order valence-corrected chi connectivity index (χ2v) is 4.95. The van der Waals surface area contributed by atoms with Crippen molar-refractivity contribution in [2.45, 2.75) is 19.0 Å². The van der Waals surface area contributed by atoms with Gasteiger partial charge < -0.3 is 5.32 Å². The number of rotatable bonds is 1. The highest BCUT2D eigenvalue weighted by molar-refractivity contribution is 6.30. The molecule has 0 spiro atoms. The first-order chi connectivity index (χ1) is 8.75. The van der Waals surface area contributed by atoms with Crippen LogP contribution in [-0.2, 0) is 13.0 Å². The Bertz CT molecular complexity index is 568. The Labute approximate surface area is 111 Å². The number of fused-ring (bicyclic) bond motifs is 1. The summed E-state index contributed by atoms with van der Waals surface area (Å²) in [6.45, 7) is 0.684. The van der Waals surface area contributed by atoms with Crippen molar-refractivity contribution in [3.8, 4) is 0 Å². The lowest BCUT2D eigenvalue weighted by molar-refractivity contribution is 0.477. The van der Waals surface area contributed by atoms with Crippen LogP contribution in [0.5, 0.6) is 0 Å². The zero-order valence-corrected chi connectivity index (χ0v) is 10.5. The third-order valence-electron chi connectivity index (χ3n) is 3.44. The van der Waals surface area contributed by atoms with Crippen molar-refractivity contribution in [3.05, 3.63) is 70.0 Å².